The number of hydrogen-bond donors (Lipinski definition) is 1. The van der Waals surface area contributed by atoms with Crippen LogP contribution in [0.4, 0.5) is 0 Å². The molecule has 0 atom stereocenters. The van der Waals surface area contributed by atoms with Gasteiger partial charge in [-0.15, -0.1) is 0 Å². The molecule has 0 unspecified atom stereocenters. The van der Waals surface area contributed by atoms with Crippen molar-refractivity contribution < 1.29 is 5.11 Å². The molecule has 0 bridgehead atoms. The average Bonchev–Trinajstić information content (AvgIpc) is 2.29. The van der Waals surface area contributed by atoms with Gasteiger partial charge in [0.2, 0.25) is 0 Å². The molecule has 0 aliphatic rings. The number of aromatic nitrogens is 2. The van der Waals surface area contributed by atoms with E-state index in [1.165, 1.54) is 5.56 Å². The minimum Gasteiger partial charge on any atom is -0.390 e. The minimum absolute atomic E-state index is 0.0684. The van der Waals surface area contributed by atoms with Crippen molar-refractivity contribution >= 4 is 0 Å². The summed E-state index contributed by atoms with van der Waals surface area (Å²) in [7, 11) is 0. The van der Waals surface area contributed by atoms with Gasteiger partial charge in [0.05, 0.1) is 30.4 Å². The predicted molar refractivity (Wildman–Crippen MR) is 58.1 cm³/mol. The lowest BCUT2D eigenvalue weighted by atomic mass is 10.1. The summed E-state index contributed by atoms with van der Waals surface area (Å²) in [5, 5.41) is 8.84. The van der Waals surface area contributed by atoms with Crippen molar-refractivity contribution in [3.63, 3.8) is 0 Å². The Labute approximate surface area is 88.5 Å². The lowest BCUT2D eigenvalue weighted by molar-refractivity contribution is 0.276. The Bertz CT molecular complexity index is 451. The molecule has 3 nitrogen and oxygen atoms in total. The molecule has 2 aromatic rings. The fourth-order valence-electron chi connectivity index (χ4n) is 1.39. The number of nitrogens with zero attached hydrogens (tertiary/aromatic N) is 2. The molecule has 0 saturated carbocycles. The van der Waals surface area contributed by atoms with Crippen molar-refractivity contribution in [1.82, 2.24) is 9.97 Å². The predicted octanol–water partition coefficient (Wildman–Crippen LogP) is 1.94. The van der Waals surface area contributed by atoms with Crippen LogP contribution in [0.5, 0.6) is 0 Å². The van der Waals surface area contributed by atoms with Crippen LogP contribution in [0.2, 0.25) is 0 Å². The molecule has 0 spiro atoms. The molecule has 0 fully saturated rings. The molecule has 1 aromatic carbocycles. The maximum Gasteiger partial charge on any atom is 0.0885 e. The summed E-state index contributed by atoms with van der Waals surface area (Å²) in [6.07, 6.45) is 3.28. The van der Waals surface area contributed by atoms with Crippen molar-refractivity contribution in [2.24, 2.45) is 0 Å². The molecule has 0 aliphatic carbocycles. The van der Waals surface area contributed by atoms with Gasteiger partial charge < -0.3 is 5.11 Å². The van der Waals surface area contributed by atoms with Crippen LogP contribution in [0.1, 0.15) is 11.3 Å². The van der Waals surface area contributed by atoms with Gasteiger partial charge in [-0.05, 0) is 13.0 Å². The van der Waals surface area contributed by atoms with Gasteiger partial charge in [0.1, 0.15) is 0 Å². The third kappa shape index (κ3) is 2.19. The first-order valence-corrected chi connectivity index (χ1v) is 4.78. The standard InChI is InChI=1S/C12H12N2O/c1-9-3-2-4-10(5-9)12-7-13-11(8-15)6-14-12/h2-7,15H,8H2,1H3. The van der Waals surface area contributed by atoms with E-state index in [1.54, 1.807) is 12.4 Å². The summed E-state index contributed by atoms with van der Waals surface area (Å²) in [6, 6.07) is 8.09. The summed E-state index contributed by atoms with van der Waals surface area (Å²) in [5.41, 5.74) is 3.66. The fourth-order valence-corrected chi connectivity index (χ4v) is 1.39. The first-order valence-electron chi connectivity index (χ1n) is 4.78. The van der Waals surface area contributed by atoms with Crippen LogP contribution >= 0.6 is 0 Å². The fraction of sp³-hybridized carbons (Fsp3) is 0.167. The highest BCUT2D eigenvalue weighted by molar-refractivity contribution is 5.58. The van der Waals surface area contributed by atoms with Crippen LogP contribution in [0, 0.1) is 6.92 Å². The van der Waals surface area contributed by atoms with Gasteiger partial charge in [0.25, 0.3) is 0 Å². The molecule has 76 valence electrons. The van der Waals surface area contributed by atoms with E-state index >= 15 is 0 Å². The van der Waals surface area contributed by atoms with Gasteiger partial charge in [-0.2, -0.15) is 0 Å². The first-order chi connectivity index (χ1) is 7.29. The van der Waals surface area contributed by atoms with E-state index in [0.29, 0.717) is 5.69 Å². The number of hydrogen-bond acceptors (Lipinski definition) is 3. The second-order valence-electron chi connectivity index (χ2n) is 3.42. The molecule has 2 rings (SSSR count). The van der Waals surface area contributed by atoms with Crippen molar-refractivity contribution in [1.29, 1.82) is 0 Å². The summed E-state index contributed by atoms with van der Waals surface area (Å²) in [4.78, 5) is 8.33. The van der Waals surface area contributed by atoms with Gasteiger partial charge in [-0.3, -0.25) is 9.97 Å². The average molecular weight is 200 g/mol. The summed E-state index contributed by atoms with van der Waals surface area (Å²) in [5.74, 6) is 0. The van der Waals surface area contributed by atoms with E-state index in [2.05, 4.69) is 16.0 Å². The quantitative estimate of drug-likeness (QED) is 0.805. The number of rotatable bonds is 2. The molecule has 1 aromatic heterocycles. The molecule has 15 heavy (non-hydrogen) atoms. The minimum atomic E-state index is -0.0684. The van der Waals surface area contributed by atoms with E-state index in [0.717, 1.165) is 11.3 Å². The molecule has 0 amide bonds. The van der Waals surface area contributed by atoms with Crippen LogP contribution in [0.15, 0.2) is 36.7 Å². The molecular formula is C12H12N2O. The lowest BCUT2D eigenvalue weighted by Gasteiger charge is -2.02. The van der Waals surface area contributed by atoms with Crippen LogP contribution < -0.4 is 0 Å². The molecule has 3 heteroatoms. The SMILES string of the molecule is Cc1cccc(-c2cnc(CO)cn2)c1. The topological polar surface area (TPSA) is 46.0 Å². The van der Waals surface area contributed by atoms with Gasteiger partial charge in [-0.25, -0.2) is 0 Å². The molecule has 0 radical (unpaired) electrons. The Morgan fingerprint density at radius 3 is 2.67 bits per heavy atom. The Morgan fingerprint density at radius 2 is 2.07 bits per heavy atom. The van der Waals surface area contributed by atoms with Crippen molar-refractivity contribution in [3.8, 4) is 11.3 Å². The van der Waals surface area contributed by atoms with Gasteiger partial charge in [-0.1, -0.05) is 23.8 Å². The number of aryl methyl sites for hydroxylation is 1. The summed E-state index contributed by atoms with van der Waals surface area (Å²) >= 11 is 0. The second kappa shape index (κ2) is 4.19. The zero-order valence-corrected chi connectivity index (χ0v) is 8.51. The molecular weight excluding hydrogens is 188 g/mol. The van der Waals surface area contributed by atoms with Crippen molar-refractivity contribution in [3.05, 3.63) is 47.9 Å². The van der Waals surface area contributed by atoms with Crippen LogP contribution in [-0.4, -0.2) is 15.1 Å². The lowest BCUT2D eigenvalue weighted by Crippen LogP contribution is -1.92. The molecule has 1 N–H and O–H groups in total. The van der Waals surface area contributed by atoms with E-state index < -0.39 is 0 Å². The van der Waals surface area contributed by atoms with Crippen molar-refractivity contribution in [2.45, 2.75) is 13.5 Å². The highest BCUT2D eigenvalue weighted by Gasteiger charge is 2.00. The number of aliphatic hydroxyl groups is 1. The zero-order valence-electron chi connectivity index (χ0n) is 8.51. The van der Waals surface area contributed by atoms with Crippen LogP contribution in [0.25, 0.3) is 11.3 Å². The Morgan fingerprint density at radius 1 is 1.20 bits per heavy atom. The van der Waals surface area contributed by atoms with Crippen molar-refractivity contribution in [2.75, 3.05) is 0 Å². The maximum absolute atomic E-state index is 8.84. The van der Waals surface area contributed by atoms with Crippen LogP contribution in [0.3, 0.4) is 0 Å². The molecule has 1 heterocycles. The monoisotopic (exact) mass is 200 g/mol. The Hall–Kier alpha value is -1.74. The summed E-state index contributed by atoms with van der Waals surface area (Å²) < 4.78 is 0. The van der Waals surface area contributed by atoms with E-state index in [4.69, 9.17) is 5.11 Å². The van der Waals surface area contributed by atoms with E-state index in [-0.39, 0.29) is 6.61 Å². The smallest absolute Gasteiger partial charge is 0.0885 e. The highest BCUT2D eigenvalue weighted by Crippen LogP contribution is 2.16. The highest BCUT2D eigenvalue weighted by atomic mass is 16.3. The van der Waals surface area contributed by atoms with E-state index in [9.17, 15) is 0 Å². The van der Waals surface area contributed by atoms with E-state index in [1.807, 2.05) is 25.1 Å². The third-order valence-corrected chi connectivity index (χ3v) is 2.18. The Kier molecular flexibility index (Phi) is 2.74. The van der Waals surface area contributed by atoms with Crippen LogP contribution in [-0.2, 0) is 6.61 Å². The second-order valence-corrected chi connectivity index (χ2v) is 3.42. The third-order valence-electron chi connectivity index (χ3n) is 2.18. The summed E-state index contributed by atoms with van der Waals surface area (Å²) in [6.45, 7) is 1.97. The number of benzene rings is 1. The Balaban J connectivity index is 2.37. The largest absolute Gasteiger partial charge is 0.390 e. The zero-order chi connectivity index (χ0) is 10.7. The van der Waals surface area contributed by atoms with Gasteiger partial charge in [0, 0.05) is 5.56 Å². The van der Waals surface area contributed by atoms with Gasteiger partial charge in [0.15, 0.2) is 0 Å². The number of aliphatic hydroxyl groups excluding tert-OH is 1. The maximum atomic E-state index is 8.84. The molecule has 0 aliphatic heterocycles. The molecule has 0 saturated heterocycles. The first kappa shape index (κ1) is 9.80. The van der Waals surface area contributed by atoms with Gasteiger partial charge >= 0.3 is 0 Å². The normalized spacial score (nSPS) is 10.3.